The highest BCUT2D eigenvalue weighted by atomic mass is 79.9. The molecule has 1 aromatic rings. The van der Waals surface area contributed by atoms with Crippen LogP contribution >= 0.6 is 15.9 Å². The summed E-state index contributed by atoms with van der Waals surface area (Å²) in [4.78, 5) is 2.62. The van der Waals surface area contributed by atoms with Gasteiger partial charge in [0.25, 0.3) is 0 Å². The lowest BCUT2D eigenvalue weighted by atomic mass is 10.2. The van der Waals surface area contributed by atoms with Crippen LogP contribution in [0, 0.1) is 0 Å². The molecule has 0 amide bonds. The molecule has 1 N–H and O–H groups in total. The molecule has 0 saturated heterocycles. The van der Waals surface area contributed by atoms with Gasteiger partial charge in [0.1, 0.15) is 5.75 Å². The Morgan fingerprint density at radius 2 is 1.67 bits per heavy atom. The zero-order chi connectivity index (χ0) is 17.6. The molecule has 1 aromatic carbocycles. The molecule has 0 saturated carbocycles. The van der Waals surface area contributed by atoms with Crippen molar-refractivity contribution in [2.24, 2.45) is 0 Å². The summed E-state index contributed by atoms with van der Waals surface area (Å²) < 4.78 is 6.81. The lowest BCUT2D eigenvalue weighted by Gasteiger charge is -2.22. The number of ether oxygens (including phenoxy) is 1. The SMILES string of the molecule is CCCCN(CCCC)CCCNCc1cc(Br)ccc1OCC. The van der Waals surface area contributed by atoms with Crippen molar-refractivity contribution in [2.75, 3.05) is 32.8 Å². The van der Waals surface area contributed by atoms with Crippen molar-refractivity contribution in [2.45, 2.75) is 59.4 Å². The van der Waals surface area contributed by atoms with Crippen LogP contribution in [0.25, 0.3) is 0 Å². The molecular formula is C20H35BrN2O. The highest BCUT2D eigenvalue weighted by Crippen LogP contribution is 2.23. The Balaban J connectivity index is 2.32. The molecule has 1 rings (SSSR count). The molecule has 24 heavy (non-hydrogen) atoms. The lowest BCUT2D eigenvalue weighted by Crippen LogP contribution is -2.29. The predicted octanol–water partition coefficient (Wildman–Crippen LogP) is 5.23. The minimum Gasteiger partial charge on any atom is -0.494 e. The van der Waals surface area contributed by atoms with Gasteiger partial charge >= 0.3 is 0 Å². The molecule has 3 nitrogen and oxygen atoms in total. The van der Waals surface area contributed by atoms with Gasteiger partial charge in [-0.05, 0) is 70.6 Å². The van der Waals surface area contributed by atoms with Gasteiger partial charge in [0.05, 0.1) is 6.61 Å². The van der Waals surface area contributed by atoms with Crippen LogP contribution in [-0.4, -0.2) is 37.7 Å². The minimum absolute atomic E-state index is 0.707. The van der Waals surface area contributed by atoms with Gasteiger partial charge in [0.2, 0.25) is 0 Å². The van der Waals surface area contributed by atoms with Gasteiger partial charge in [0, 0.05) is 16.6 Å². The maximum atomic E-state index is 5.71. The van der Waals surface area contributed by atoms with Gasteiger partial charge < -0.3 is 15.0 Å². The standard InChI is InChI=1S/C20H35BrN2O/c1-4-7-13-23(14-8-5-2)15-9-12-22-17-18-16-19(21)10-11-20(18)24-6-3/h10-11,16,22H,4-9,12-15,17H2,1-3H3. The summed E-state index contributed by atoms with van der Waals surface area (Å²) in [5, 5.41) is 3.57. The van der Waals surface area contributed by atoms with Crippen molar-refractivity contribution in [3.8, 4) is 5.75 Å². The average Bonchev–Trinajstić information content (AvgIpc) is 2.58. The van der Waals surface area contributed by atoms with Gasteiger partial charge in [-0.2, -0.15) is 0 Å². The number of halogens is 1. The number of nitrogens with zero attached hydrogens (tertiary/aromatic N) is 1. The molecule has 0 atom stereocenters. The molecule has 0 heterocycles. The molecule has 0 spiro atoms. The van der Waals surface area contributed by atoms with Gasteiger partial charge in [-0.15, -0.1) is 0 Å². The number of nitrogens with one attached hydrogen (secondary N) is 1. The van der Waals surface area contributed by atoms with Crippen LogP contribution in [0.3, 0.4) is 0 Å². The third-order valence-electron chi connectivity index (χ3n) is 4.12. The van der Waals surface area contributed by atoms with E-state index >= 15 is 0 Å². The fourth-order valence-corrected chi connectivity index (χ4v) is 3.14. The maximum Gasteiger partial charge on any atom is 0.123 e. The highest BCUT2D eigenvalue weighted by Gasteiger charge is 2.06. The van der Waals surface area contributed by atoms with Crippen molar-refractivity contribution in [1.82, 2.24) is 10.2 Å². The van der Waals surface area contributed by atoms with E-state index in [1.165, 1.54) is 57.3 Å². The summed E-state index contributed by atoms with van der Waals surface area (Å²) in [6.07, 6.45) is 6.39. The second-order valence-corrected chi connectivity index (χ2v) is 7.18. The van der Waals surface area contributed by atoms with E-state index in [9.17, 15) is 0 Å². The first-order chi connectivity index (χ1) is 11.7. The highest BCUT2D eigenvalue weighted by molar-refractivity contribution is 9.10. The van der Waals surface area contributed by atoms with Crippen LogP contribution in [-0.2, 0) is 6.54 Å². The van der Waals surface area contributed by atoms with Crippen LogP contribution in [0.15, 0.2) is 22.7 Å². The van der Waals surface area contributed by atoms with Crippen molar-refractivity contribution in [3.05, 3.63) is 28.2 Å². The normalized spacial score (nSPS) is 11.2. The van der Waals surface area contributed by atoms with Crippen LogP contribution in [0.4, 0.5) is 0 Å². The summed E-state index contributed by atoms with van der Waals surface area (Å²) in [5.74, 6) is 0.987. The Kier molecular flexibility index (Phi) is 12.2. The predicted molar refractivity (Wildman–Crippen MR) is 108 cm³/mol. The topological polar surface area (TPSA) is 24.5 Å². The molecule has 0 aromatic heterocycles. The van der Waals surface area contributed by atoms with E-state index in [0.29, 0.717) is 6.61 Å². The van der Waals surface area contributed by atoms with Crippen LogP contribution in [0.1, 0.15) is 58.4 Å². The molecule has 0 bridgehead atoms. The minimum atomic E-state index is 0.707. The van der Waals surface area contributed by atoms with Crippen molar-refractivity contribution >= 4 is 15.9 Å². The van der Waals surface area contributed by atoms with E-state index in [4.69, 9.17) is 4.74 Å². The van der Waals surface area contributed by atoms with Crippen LogP contribution in [0.2, 0.25) is 0 Å². The third-order valence-corrected chi connectivity index (χ3v) is 4.61. The number of hydrogen-bond donors (Lipinski definition) is 1. The van der Waals surface area contributed by atoms with Crippen LogP contribution in [0.5, 0.6) is 5.75 Å². The Morgan fingerprint density at radius 1 is 1.00 bits per heavy atom. The quantitative estimate of drug-likeness (QED) is 0.434. The largest absolute Gasteiger partial charge is 0.494 e. The van der Waals surface area contributed by atoms with Gasteiger partial charge in [-0.25, -0.2) is 0 Å². The molecule has 0 aliphatic carbocycles. The maximum absolute atomic E-state index is 5.71. The lowest BCUT2D eigenvalue weighted by molar-refractivity contribution is 0.261. The fourth-order valence-electron chi connectivity index (χ4n) is 2.73. The first-order valence-electron chi connectivity index (χ1n) is 9.55. The summed E-state index contributed by atoms with van der Waals surface area (Å²) >= 11 is 3.55. The smallest absolute Gasteiger partial charge is 0.123 e. The molecule has 4 heteroatoms. The first kappa shape index (κ1) is 21.5. The summed E-state index contributed by atoms with van der Waals surface area (Å²) in [6, 6.07) is 6.22. The van der Waals surface area contributed by atoms with E-state index in [-0.39, 0.29) is 0 Å². The Bertz CT molecular complexity index is 432. The second kappa shape index (κ2) is 13.7. The average molecular weight is 399 g/mol. The zero-order valence-corrected chi connectivity index (χ0v) is 17.3. The molecule has 0 aliphatic heterocycles. The Hall–Kier alpha value is -0.580. The number of benzene rings is 1. The van der Waals surface area contributed by atoms with Gasteiger partial charge in [-0.3, -0.25) is 0 Å². The molecule has 0 radical (unpaired) electrons. The number of unbranched alkanes of at least 4 members (excludes halogenated alkanes) is 2. The number of rotatable bonds is 14. The van der Waals surface area contributed by atoms with E-state index < -0.39 is 0 Å². The third kappa shape index (κ3) is 9.05. The fraction of sp³-hybridized carbons (Fsp3) is 0.700. The Morgan fingerprint density at radius 3 is 2.29 bits per heavy atom. The van der Waals surface area contributed by atoms with E-state index in [1.54, 1.807) is 0 Å². The summed E-state index contributed by atoms with van der Waals surface area (Å²) in [7, 11) is 0. The molecule has 0 unspecified atom stereocenters. The zero-order valence-electron chi connectivity index (χ0n) is 15.7. The molecule has 138 valence electrons. The molecular weight excluding hydrogens is 364 g/mol. The van der Waals surface area contributed by atoms with Crippen molar-refractivity contribution < 1.29 is 4.74 Å². The van der Waals surface area contributed by atoms with E-state index in [0.717, 1.165) is 23.3 Å². The number of hydrogen-bond acceptors (Lipinski definition) is 3. The molecule has 0 fully saturated rings. The van der Waals surface area contributed by atoms with Crippen molar-refractivity contribution in [3.63, 3.8) is 0 Å². The summed E-state index contributed by atoms with van der Waals surface area (Å²) in [6.45, 7) is 12.9. The Labute approximate surface area is 157 Å². The van der Waals surface area contributed by atoms with E-state index in [1.807, 2.05) is 19.1 Å². The van der Waals surface area contributed by atoms with Gasteiger partial charge in [-0.1, -0.05) is 42.6 Å². The molecule has 0 aliphatic rings. The first-order valence-corrected chi connectivity index (χ1v) is 10.3. The van der Waals surface area contributed by atoms with Crippen LogP contribution < -0.4 is 10.1 Å². The van der Waals surface area contributed by atoms with Crippen molar-refractivity contribution in [1.29, 1.82) is 0 Å². The van der Waals surface area contributed by atoms with Gasteiger partial charge in [0.15, 0.2) is 0 Å². The second-order valence-electron chi connectivity index (χ2n) is 6.26. The van der Waals surface area contributed by atoms with E-state index in [2.05, 4.69) is 46.1 Å². The monoisotopic (exact) mass is 398 g/mol. The summed E-state index contributed by atoms with van der Waals surface area (Å²) in [5.41, 5.74) is 1.22.